The van der Waals surface area contributed by atoms with Crippen molar-refractivity contribution in [2.75, 3.05) is 0 Å². The van der Waals surface area contributed by atoms with Crippen LogP contribution in [-0.2, 0) is 6.61 Å². The maximum Gasteiger partial charge on any atom is 0.151 e. The van der Waals surface area contributed by atoms with Crippen LogP contribution in [0.15, 0.2) is 6.07 Å². The summed E-state index contributed by atoms with van der Waals surface area (Å²) in [6.45, 7) is -0.0399. The van der Waals surface area contributed by atoms with Gasteiger partial charge in [-0.3, -0.25) is 4.79 Å². The Morgan fingerprint density at radius 1 is 1.80 bits per heavy atom. The second kappa shape index (κ2) is 3.45. The molecule has 0 aliphatic heterocycles. The van der Waals surface area contributed by atoms with Crippen LogP contribution in [0.3, 0.4) is 0 Å². The Bertz CT molecular complexity index is 244. The van der Waals surface area contributed by atoms with Gasteiger partial charge in [-0.15, -0.1) is 11.3 Å². The molecule has 2 nitrogen and oxygen atoms in total. The van der Waals surface area contributed by atoms with Gasteiger partial charge in [0.1, 0.15) is 0 Å². The maximum absolute atomic E-state index is 10.3. The van der Waals surface area contributed by atoms with Crippen molar-refractivity contribution in [3.8, 4) is 0 Å². The number of aliphatic hydroxyl groups is 1. The van der Waals surface area contributed by atoms with Crippen molar-refractivity contribution >= 4 is 40.2 Å². The Morgan fingerprint density at radius 2 is 2.50 bits per heavy atom. The maximum atomic E-state index is 10.3. The fourth-order valence-electron chi connectivity index (χ4n) is 0.632. The number of hydrogen-bond acceptors (Lipinski definition) is 3. The molecule has 0 bridgehead atoms. The van der Waals surface area contributed by atoms with Crippen LogP contribution < -0.4 is 0 Å². The molecule has 0 unspecified atom stereocenters. The molecule has 1 aromatic heterocycles. The number of halogens is 1. The van der Waals surface area contributed by atoms with E-state index in [1.54, 1.807) is 6.07 Å². The Hall–Kier alpha value is 0.0600. The number of aliphatic hydroxyl groups excluding tert-OH is 1. The molecule has 54 valence electrons. The largest absolute Gasteiger partial charge is 0.391 e. The zero-order valence-electron chi connectivity index (χ0n) is 5.00. The minimum absolute atomic E-state index is 0.0399. The lowest BCUT2D eigenvalue weighted by Crippen LogP contribution is -1.82. The van der Waals surface area contributed by atoms with E-state index >= 15 is 0 Å². The van der Waals surface area contributed by atoms with Gasteiger partial charge < -0.3 is 5.11 Å². The van der Waals surface area contributed by atoms with Gasteiger partial charge in [-0.2, -0.15) is 0 Å². The summed E-state index contributed by atoms with van der Waals surface area (Å²) in [4.78, 5) is 11.0. The average molecular weight is 268 g/mol. The first kappa shape index (κ1) is 8.16. The van der Waals surface area contributed by atoms with Crippen molar-refractivity contribution in [1.29, 1.82) is 0 Å². The molecular formula is C6H5IO2S. The van der Waals surface area contributed by atoms with Gasteiger partial charge >= 0.3 is 0 Å². The zero-order chi connectivity index (χ0) is 7.56. The molecule has 1 N–H and O–H groups in total. The van der Waals surface area contributed by atoms with Crippen LogP contribution in [-0.4, -0.2) is 11.4 Å². The molecule has 0 amide bonds. The first-order valence-electron chi connectivity index (χ1n) is 2.62. The fourth-order valence-corrected chi connectivity index (χ4v) is 2.48. The summed E-state index contributed by atoms with van der Waals surface area (Å²) in [6, 6.07) is 1.77. The van der Waals surface area contributed by atoms with Gasteiger partial charge in [0, 0.05) is 10.4 Å². The lowest BCUT2D eigenvalue weighted by Gasteiger charge is -1.86. The van der Waals surface area contributed by atoms with Gasteiger partial charge in [0.25, 0.3) is 0 Å². The van der Waals surface area contributed by atoms with Gasteiger partial charge in [-0.05, 0) is 28.7 Å². The number of carbonyl (C=O) groups is 1. The van der Waals surface area contributed by atoms with Crippen molar-refractivity contribution in [1.82, 2.24) is 0 Å². The summed E-state index contributed by atoms with van der Waals surface area (Å²) < 4.78 is 1.03. The van der Waals surface area contributed by atoms with Crippen molar-refractivity contribution < 1.29 is 9.90 Å². The van der Waals surface area contributed by atoms with Crippen molar-refractivity contribution in [3.63, 3.8) is 0 Å². The molecule has 1 aromatic rings. The molecule has 0 aliphatic carbocycles. The summed E-state index contributed by atoms with van der Waals surface area (Å²) in [5.41, 5.74) is 0.608. The SMILES string of the molecule is O=Cc1cc(I)sc1CO. The smallest absolute Gasteiger partial charge is 0.151 e. The molecule has 0 fully saturated rings. The lowest BCUT2D eigenvalue weighted by molar-refractivity contribution is 0.112. The van der Waals surface area contributed by atoms with Gasteiger partial charge in [-0.1, -0.05) is 0 Å². The van der Waals surface area contributed by atoms with E-state index in [2.05, 4.69) is 22.6 Å². The lowest BCUT2D eigenvalue weighted by atomic mass is 10.3. The van der Waals surface area contributed by atoms with E-state index in [0.29, 0.717) is 5.56 Å². The van der Waals surface area contributed by atoms with Crippen molar-refractivity contribution in [3.05, 3.63) is 19.4 Å². The van der Waals surface area contributed by atoms with E-state index in [4.69, 9.17) is 5.11 Å². The topological polar surface area (TPSA) is 37.3 Å². The molecule has 0 aliphatic rings. The normalized spacial score (nSPS) is 9.80. The Kier molecular flexibility index (Phi) is 2.82. The Morgan fingerprint density at radius 3 is 2.90 bits per heavy atom. The summed E-state index contributed by atoms with van der Waals surface area (Å²) in [5, 5.41) is 8.71. The van der Waals surface area contributed by atoms with Crippen LogP contribution in [0.4, 0.5) is 0 Å². The first-order valence-corrected chi connectivity index (χ1v) is 4.51. The third-order valence-electron chi connectivity index (χ3n) is 1.08. The van der Waals surface area contributed by atoms with Crippen LogP contribution in [0.1, 0.15) is 15.2 Å². The standard InChI is InChI=1S/C6H5IO2S/c7-6-1-4(2-8)5(3-9)10-6/h1-2,9H,3H2. The highest BCUT2D eigenvalue weighted by Gasteiger charge is 2.04. The number of hydrogen-bond donors (Lipinski definition) is 1. The van der Waals surface area contributed by atoms with E-state index < -0.39 is 0 Å². The van der Waals surface area contributed by atoms with Crippen LogP contribution in [0, 0.1) is 2.88 Å². The van der Waals surface area contributed by atoms with E-state index in [1.807, 2.05) is 0 Å². The molecular weight excluding hydrogens is 263 g/mol. The minimum atomic E-state index is -0.0399. The van der Waals surface area contributed by atoms with E-state index in [9.17, 15) is 4.79 Å². The second-order valence-electron chi connectivity index (χ2n) is 1.70. The van der Waals surface area contributed by atoms with E-state index in [0.717, 1.165) is 14.0 Å². The third-order valence-corrected chi connectivity index (χ3v) is 2.98. The molecule has 10 heavy (non-hydrogen) atoms. The first-order chi connectivity index (χ1) is 4.77. The van der Waals surface area contributed by atoms with E-state index in [1.165, 1.54) is 11.3 Å². The zero-order valence-corrected chi connectivity index (χ0v) is 7.98. The minimum Gasteiger partial charge on any atom is -0.391 e. The van der Waals surface area contributed by atoms with E-state index in [-0.39, 0.29) is 6.61 Å². The fraction of sp³-hybridized carbons (Fsp3) is 0.167. The molecule has 1 heterocycles. The van der Waals surface area contributed by atoms with Crippen LogP contribution in [0.25, 0.3) is 0 Å². The number of rotatable bonds is 2. The molecule has 4 heteroatoms. The highest BCUT2D eigenvalue weighted by Crippen LogP contribution is 2.22. The summed E-state index contributed by atoms with van der Waals surface area (Å²) in [5.74, 6) is 0. The van der Waals surface area contributed by atoms with Gasteiger partial charge in [0.2, 0.25) is 0 Å². The molecule has 1 rings (SSSR count). The monoisotopic (exact) mass is 268 g/mol. The highest BCUT2D eigenvalue weighted by atomic mass is 127. The molecule has 0 atom stereocenters. The Labute approximate surface area is 76.0 Å². The molecule has 0 aromatic carbocycles. The quantitative estimate of drug-likeness (QED) is 0.654. The predicted molar refractivity (Wildman–Crippen MR) is 48.3 cm³/mol. The van der Waals surface area contributed by atoms with Gasteiger partial charge in [-0.25, -0.2) is 0 Å². The van der Waals surface area contributed by atoms with Crippen LogP contribution >= 0.6 is 33.9 Å². The number of carbonyl (C=O) groups excluding carboxylic acids is 1. The summed E-state index contributed by atoms with van der Waals surface area (Å²) >= 11 is 3.57. The van der Waals surface area contributed by atoms with Crippen molar-refractivity contribution in [2.45, 2.75) is 6.61 Å². The summed E-state index contributed by atoms with van der Waals surface area (Å²) in [7, 11) is 0. The molecule has 0 radical (unpaired) electrons. The highest BCUT2D eigenvalue weighted by molar-refractivity contribution is 14.1. The molecule has 0 spiro atoms. The number of thiophene rings is 1. The van der Waals surface area contributed by atoms with Crippen LogP contribution in [0.2, 0.25) is 0 Å². The van der Waals surface area contributed by atoms with Gasteiger partial charge in [0.15, 0.2) is 6.29 Å². The van der Waals surface area contributed by atoms with Crippen LogP contribution in [0.5, 0.6) is 0 Å². The average Bonchev–Trinajstić information content (AvgIpc) is 2.30. The Balaban J connectivity index is 3.08. The third kappa shape index (κ3) is 1.56. The van der Waals surface area contributed by atoms with Crippen molar-refractivity contribution in [2.24, 2.45) is 0 Å². The van der Waals surface area contributed by atoms with Gasteiger partial charge in [0.05, 0.1) is 9.49 Å². The number of aldehydes is 1. The predicted octanol–water partition coefficient (Wildman–Crippen LogP) is 1.66. The summed E-state index contributed by atoms with van der Waals surface area (Å²) in [6.07, 6.45) is 0.768. The second-order valence-corrected chi connectivity index (χ2v) is 4.74. The molecule has 0 saturated heterocycles. The molecule has 0 saturated carbocycles.